The second-order valence-electron chi connectivity index (χ2n) is 9.70. The third kappa shape index (κ3) is 6.78. The van der Waals surface area contributed by atoms with Crippen LogP contribution in [-0.4, -0.2) is 47.9 Å². The Balaban J connectivity index is 0.00000405. The molecular formula is C31H29N2NaO7S. The molecule has 3 aromatic carbocycles. The van der Waals surface area contributed by atoms with Crippen LogP contribution in [0.15, 0.2) is 60.2 Å². The summed E-state index contributed by atoms with van der Waals surface area (Å²) in [6.45, 7) is 0. The van der Waals surface area contributed by atoms with Crippen molar-refractivity contribution in [2.75, 3.05) is 21.3 Å². The molecular weight excluding hydrogens is 567 g/mol. The summed E-state index contributed by atoms with van der Waals surface area (Å²) in [6.07, 6.45) is 4.12. The SMILES string of the molecule is COc1ccc(C(=O)/C(Cc2cc(OC)c(OC3CCCC3)c(OC)c2)=C(/C(=O)[O-])c2ccc3nsnc3c2)cc1.[Na+]. The summed E-state index contributed by atoms with van der Waals surface area (Å²) < 4.78 is 31.2. The van der Waals surface area contributed by atoms with E-state index in [-0.39, 0.29) is 53.2 Å². The quantitative estimate of drug-likeness (QED) is 0.145. The van der Waals surface area contributed by atoms with Crippen molar-refractivity contribution in [3.63, 3.8) is 0 Å². The van der Waals surface area contributed by atoms with Gasteiger partial charge in [0.15, 0.2) is 17.3 Å². The molecule has 1 aromatic heterocycles. The van der Waals surface area contributed by atoms with Gasteiger partial charge < -0.3 is 28.8 Å². The number of ketones is 1. The van der Waals surface area contributed by atoms with Gasteiger partial charge in [-0.15, -0.1) is 0 Å². The maximum atomic E-state index is 14.0. The molecule has 1 aliphatic rings. The molecule has 1 aliphatic carbocycles. The predicted molar refractivity (Wildman–Crippen MR) is 153 cm³/mol. The van der Waals surface area contributed by atoms with E-state index in [1.54, 1.807) is 54.6 Å². The Kier molecular flexibility index (Phi) is 10.6. The molecule has 0 unspecified atom stereocenters. The third-order valence-corrected chi connectivity index (χ3v) is 7.72. The molecule has 0 amide bonds. The predicted octanol–water partition coefficient (Wildman–Crippen LogP) is 1.67. The molecule has 9 nitrogen and oxygen atoms in total. The van der Waals surface area contributed by atoms with Gasteiger partial charge in [-0.2, -0.15) is 8.75 Å². The fourth-order valence-electron chi connectivity index (χ4n) is 5.08. The number of benzene rings is 3. The van der Waals surface area contributed by atoms with Crippen LogP contribution >= 0.6 is 11.7 Å². The Morgan fingerprint density at radius 2 is 1.48 bits per heavy atom. The summed E-state index contributed by atoms with van der Waals surface area (Å²) in [4.78, 5) is 26.7. The number of hydrogen-bond donors (Lipinski definition) is 0. The number of Topliss-reactive ketones (excluding diaryl/α,β-unsaturated/α-hetero) is 1. The summed E-state index contributed by atoms with van der Waals surface area (Å²) in [5.74, 6) is -0.0164. The number of carbonyl (C=O) groups excluding carboxylic acids is 2. The van der Waals surface area contributed by atoms with Gasteiger partial charge in [-0.25, -0.2) is 0 Å². The number of carboxylic acids is 1. The fraction of sp³-hybridized carbons (Fsp3) is 0.290. The molecule has 212 valence electrons. The second kappa shape index (κ2) is 14.2. The number of carboxylic acid groups (broad SMARTS) is 1. The molecule has 0 N–H and O–H groups in total. The summed E-state index contributed by atoms with van der Waals surface area (Å²) in [5, 5.41) is 12.7. The van der Waals surface area contributed by atoms with Crippen molar-refractivity contribution in [2.24, 2.45) is 0 Å². The number of rotatable bonds is 11. The Morgan fingerprint density at radius 3 is 2.07 bits per heavy atom. The van der Waals surface area contributed by atoms with E-state index in [2.05, 4.69) is 8.75 Å². The maximum Gasteiger partial charge on any atom is 1.00 e. The number of aliphatic carboxylic acids is 1. The molecule has 0 spiro atoms. The Morgan fingerprint density at radius 1 is 0.857 bits per heavy atom. The molecule has 0 saturated heterocycles. The van der Waals surface area contributed by atoms with Gasteiger partial charge in [-0.05, 0) is 85.3 Å². The van der Waals surface area contributed by atoms with E-state index >= 15 is 0 Å². The smallest absolute Gasteiger partial charge is 0.545 e. The van der Waals surface area contributed by atoms with Crippen LogP contribution in [0, 0.1) is 0 Å². The van der Waals surface area contributed by atoms with Gasteiger partial charge in [0.2, 0.25) is 5.75 Å². The van der Waals surface area contributed by atoms with Crippen molar-refractivity contribution in [3.8, 4) is 23.0 Å². The van der Waals surface area contributed by atoms with Gasteiger partial charge in [0.25, 0.3) is 0 Å². The van der Waals surface area contributed by atoms with E-state index in [1.807, 2.05) is 0 Å². The minimum Gasteiger partial charge on any atom is -0.545 e. The monoisotopic (exact) mass is 596 g/mol. The Bertz CT molecular complexity index is 1590. The normalized spacial score (nSPS) is 13.7. The van der Waals surface area contributed by atoms with Crippen LogP contribution in [-0.2, 0) is 11.2 Å². The zero-order valence-electron chi connectivity index (χ0n) is 24.0. The first-order chi connectivity index (χ1) is 19.9. The number of aromatic nitrogens is 2. The minimum atomic E-state index is -1.48. The van der Waals surface area contributed by atoms with Crippen LogP contribution in [0.5, 0.6) is 23.0 Å². The number of allylic oxidation sites excluding steroid dienone is 1. The average molecular weight is 597 g/mol. The summed E-state index contributed by atoms with van der Waals surface area (Å²) >= 11 is 1.02. The van der Waals surface area contributed by atoms with Crippen molar-refractivity contribution in [3.05, 3.63) is 76.9 Å². The molecule has 11 heteroatoms. The average Bonchev–Trinajstić information content (AvgIpc) is 3.69. The zero-order chi connectivity index (χ0) is 28.9. The van der Waals surface area contributed by atoms with Gasteiger partial charge in [-0.1, -0.05) is 6.07 Å². The van der Waals surface area contributed by atoms with Crippen LogP contribution < -0.4 is 53.6 Å². The fourth-order valence-corrected chi connectivity index (χ4v) is 5.60. The standard InChI is InChI=1S/C31H30N2O7S.Na/c1-37-21-11-8-19(9-12-21)29(34)23(28(31(35)36)20-10-13-24-25(17-20)33-41-32-24)14-18-15-26(38-2)30(27(16-18)39-3)40-22-6-4-5-7-22;/h8-13,15-17,22H,4-7,14H2,1-3H3,(H,35,36);/q;+1/p-1/b28-23+;. The molecule has 1 fully saturated rings. The molecule has 1 heterocycles. The number of fused-ring (bicyclic) bond motifs is 1. The van der Waals surface area contributed by atoms with Crippen molar-refractivity contribution >= 4 is 40.1 Å². The summed E-state index contributed by atoms with van der Waals surface area (Å²) in [5.41, 5.74) is 2.16. The topological polar surface area (TPSA) is 120 Å². The van der Waals surface area contributed by atoms with E-state index in [1.165, 1.54) is 21.3 Å². The van der Waals surface area contributed by atoms with Crippen molar-refractivity contribution < 1.29 is 63.2 Å². The van der Waals surface area contributed by atoms with Crippen LogP contribution in [0.1, 0.15) is 47.2 Å². The summed E-state index contributed by atoms with van der Waals surface area (Å²) in [6, 6.07) is 14.9. The molecule has 4 aromatic rings. The molecule has 0 aliphatic heterocycles. The number of ether oxygens (including phenoxy) is 4. The first-order valence-electron chi connectivity index (χ1n) is 13.2. The van der Waals surface area contributed by atoms with Crippen molar-refractivity contribution in [1.82, 2.24) is 8.75 Å². The van der Waals surface area contributed by atoms with E-state index in [0.29, 0.717) is 50.7 Å². The van der Waals surface area contributed by atoms with E-state index in [9.17, 15) is 14.7 Å². The van der Waals surface area contributed by atoms with E-state index in [4.69, 9.17) is 18.9 Å². The summed E-state index contributed by atoms with van der Waals surface area (Å²) in [7, 11) is 4.59. The van der Waals surface area contributed by atoms with Gasteiger partial charge in [-0.3, -0.25) is 4.79 Å². The molecule has 0 radical (unpaired) electrons. The van der Waals surface area contributed by atoms with Gasteiger partial charge >= 0.3 is 29.6 Å². The molecule has 0 atom stereocenters. The Hall–Kier alpha value is -3.44. The van der Waals surface area contributed by atoms with E-state index in [0.717, 1.165) is 37.4 Å². The zero-order valence-corrected chi connectivity index (χ0v) is 26.8. The van der Waals surface area contributed by atoms with Gasteiger partial charge in [0, 0.05) is 23.1 Å². The van der Waals surface area contributed by atoms with Crippen LogP contribution in [0.3, 0.4) is 0 Å². The van der Waals surface area contributed by atoms with Gasteiger partial charge in [0.05, 0.1) is 45.1 Å². The molecule has 42 heavy (non-hydrogen) atoms. The van der Waals surface area contributed by atoms with Crippen molar-refractivity contribution in [1.29, 1.82) is 0 Å². The second-order valence-corrected chi connectivity index (χ2v) is 10.2. The van der Waals surface area contributed by atoms with Gasteiger partial charge in [0.1, 0.15) is 16.8 Å². The molecule has 1 saturated carbocycles. The van der Waals surface area contributed by atoms with Crippen LogP contribution in [0.25, 0.3) is 16.6 Å². The molecule has 5 rings (SSSR count). The Labute approximate surface area is 270 Å². The number of carbonyl (C=O) groups is 2. The largest absolute Gasteiger partial charge is 1.00 e. The first kappa shape index (κ1) is 31.5. The number of nitrogens with zero attached hydrogens (tertiary/aromatic N) is 2. The van der Waals surface area contributed by atoms with E-state index < -0.39 is 11.8 Å². The van der Waals surface area contributed by atoms with Crippen LogP contribution in [0.4, 0.5) is 0 Å². The minimum absolute atomic E-state index is 0. The number of methoxy groups -OCH3 is 3. The third-order valence-electron chi connectivity index (χ3n) is 7.16. The molecule has 0 bridgehead atoms. The van der Waals surface area contributed by atoms with Crippen LogP contribution in [0.2, 0.25) is 0 Å². The first-order valence-corrected chi connectivity index (χ1v) is 13.9. The van der Waals surface area contributed by atoms with Crippen molar-refractivity contribution in [2.45, 2.75) is 38.2 Å². The number of hydrogen-bond acceptors (Lipinski definition) is 10. The maximum absolute atomic E-state index is 14.0.